The summed E-state index contributed by atoms with van der Waals surface area (Å²) in [5.41, 5.74) is 4.83. The average Bonchev–Trinajstić information content (AvgIpc) is 2.46. The maximum Gasteiger partial charge on any atom is 0.0577 e. The van der Waals surface area contributed by atoms with Crippen LogP contribution >= 0.6 is 27.5 Å². The second kappa shape index (κ2) is 7.44. The van der Waals surface area contributed by atoms with Crippen LogP contribution in [0.4, 0.5) is 0 Å². The van der Waals surface area contributed by atoms with E-state index in [-0.39, 0.29) is 6.04 Å². The molecular weight excluding hydrogens is 346 g/mol. The van der Waals surface area contributed by atoms with Crippen molar-refractivity contribution in [3.05, 3.63) is 68.1 Å². The van der Waals surface area contributed by atoms with Crippen molar-refractivity contribution < 1.29 is 0 Å². The van der Waals surface area contributed by atoms with Gasteiger partial charge in [-0.1, -0.05) is 58.7 Å². The van der Waals surface area contributed by atoms with Gasteiger partial charge >= 0.3 is 0 Å². The Morgan fingerprint density at radius 3 is 2.33 bits per heavy atom. The molecule has 0 aromatic heterocycles. The number of halogens is 2. The zero-order valence-corrected chi connectivity index (χ0v) is 15.1. The number of benzene rings is 2. The van der Waals surface area contributed by atoms with E-state index >= 15 is 0 Å². The highest BCUT2D eigenvalue weighted by atomic mass is 79.9. The molecule has 2 aromatic carbocycles. The summed E-state index contributed by atoms with van der Waals surface area (Å²) < 4.78 is 1.14. The maximum atomic E-state index is 6.30. The van der Waals surface area contributed by atoms with Crippen molar-refractivity contribution in [2.24, 2.45) is 0 Å². The molecule has 0 heterocycles. The van der Waals surface area contributed by atoms with Gasteiger partial charge in [0.2, 0.25) is 0 Å². The first-order chi connectivity index (χ1) is 10.0. The summed E-state index contributed by atoms with van der Waals surface area (Å²) in [6, 6.07) is 13.0. The van der Waals surface area contributed by atoms with E-state index in [9.17, 15) is 0 Å². The van der Waals surface area contributed by atoms with Gasteiger partial charge in [0.15, 0.2) is 0 Å². The lowest BCUT2D eigenvalue weighted by molar-refractivity contribution is 0.598. The van der Waals surface area contributed by atoms with Gasteiger partial charge in [-0.2, -0.15) is 0 Å². The molecule has 2 rings (SSSR count). The van der Waals surface area contributed by atoms with Crippen LogP contribution in [0.3, 0.4) is 0 Å². The van der Waals surface area contributed by atoms with Crippen molar-refractivity contribution in [2.75, 3.05) is 6.54 Å². The Balaban J connectivity index is 2.41. The van der Waals surface area contributed by atoms with E-state index in [1.54, 1.807) is 0 Å². The van der Waals surface area contributed by atoms with Gasteiger partial charge in [0.05, 0.1) is 6.04 Å². The van der Waals surface area contributed by atoms with E-state index in [0.29, 0.717) is 0 Å². The molecule has 1 nitrogen and oxygen atoms in total. The molecule has 0 fully saturated rings. The molecule has 0 aliphatic carbocycles. The standard InChI is InChI=1S/C18H21BrClN/c1-4-9-21-18(14-7-8-16(19)13(3)10-14)15-6-5-12(2)17(20)11-15/h5-8,10-11,18,21H,4,9H2,1-3H3. The summed E-state index contributed by atoms with van der Waals surface area (Å²) in [6.07, 6.45) is 1.10. The highest BCUT2D eigenvalue weighted by Gasteiger charge is 2.15. The predicted molar refractivity (Wildman–Crippen MR) is 95.2 cm³/mol. The topological polar surface area (TPSA) is 12.0 Å². The summed E-state index contributed by atoms with van der Waals surface area (Å²) in [5.74, 6) is 0. The van der Waals surface area contributed by atoms with Crippen LogP contribution in [0.15, 0.2) is 40.9 Å². The molecule has 0 aliphatic heterocycles. The summed E-state index contributed by atoms with van der Waals surface area (Å²) in [6.45, 7) is 7.31. The fourth-order valence-electron chi connectivity index (χ4n) is 2.35. The van der Waals surface area contributed by atoms with Gasteiger partial charge in [0.25, 0.3) is 0 Å². The molecule has 0 saturated heterocycles. The molecule has 0 radical (unpaired) electrons. The molecule has 0 aliphatic rings. The van der Waals surface area contributed by atoms with Gasteiger partial charge < -0.3 is 5.32 Å². The van der Waals surface area contributed by atoms with Crippen LogP contribution in [0.2, 0.25) is 5.02 Å². The lowest BCUT2D eigenvalue weighted by Gasteiger charge is -2.21. The van der Waals surface area contributed by atoms with Gasteiger partial charge in [0, 0.05) is 9.50 Å². The van der Waals surface area contributed by atoms with Crippen LogP contribution in [-0.4, -0.2) is 6.54 Å². The third kappa shape index (κ3) is 4.09. The lowest BCUT2D eigenvalue weighted by atomic mass is 9.96. The molecule has 112 valence electrons. The highest BCUT2D eigenvalue weighted by molar-refractivity contribution is 9.10. The van der Waals surface area contributed by atoms with Crippen LogP contribution in [-0.2, 0) is 0 Å². The summed E-state index contributed by atoms with van der Waals surface area (Å²) in [7, 11) is 0. The van der Waals surface area contributed by atoms with Gasteiger partial charge in [-0.3, -0.25) is 0 Å². The van der Waals surface area contributed by atoms with Gasteiger partial charge in [-0.05, 0) is 61.2 Å². The third-order valence-corrected chi connectivity index (χ3v) is 4.94. The van der Waals surface area contributed by atoms with Gasteiger partial charge in [-0.25, -0.2) is 0 Å². The maximum absolute atomic E-state index is 6.30. The molecule has 0 amide bonds. The Morgan fingerprint density at radius 2 is 1.71 bits per heavy atom. The number of aryl methyl sites for hydroxylation is 2. The second-order valence-corrected chi connectivity index (χ2v) is 6.67. The SMILES string of the molecule is CCCNC(c1ccc(Br)c(C)c1)c1ccc(C)c(Cl)c1. The minimum atomic E-state index is 0.176. The highest BCUT2D eigenvalue weighted by Crippen LogP contribution is 2.28. The van der Waals surface area contributed by atoms with E-state index in [2.05, 4.69) is 71.5 Å². The van der Waals surface area contributed by atoms with Gasteiger partial charge in [0.1, 0.15) is 0 Å². The minimum absolute atomic E-state index is 0.176. The normalized spacial score (nSPS) is 12.4. The van der Waals surface area contributed by atoms with Crippen LogP contribution in [0.1, 0.15) is 41.6 Å². The fraction of sp³-hybridized carbons (Fsp3) is 0.333. The third-order valence-electron chi connectivity index (χ3n) is 3.64. The largest absolute Gasteiger partial charge is 0.306 e. The second-order valence-electron chi connectivity index (χ2n) is 5.40. The molecule has 1 N–H and O–H groups in total. The van der Waals surface area contributed by atoms with E-state index in [1.807, 2.05) is 6.92 Å². The van der Waals surface area contributed by atoms with Crippen molar-refractivity contribution in [3.63, 3.8) is 0 Å². The molecule has 0 saturated carbocycles. The Kier molecular flexibility index (Phi) is 5.86. The molecule has 0 bridgehead atoms. The summed E-state index contributed by atoms with van der Waals surface area (Å²) >= 11 is 9.87. The molecule has 2 aromatic rings. The zero-order chi connectivity index (χ0) is 15.4. The number of hydrogen-bond donors (Lipinski definition) is 1. The first kappa shape index (κ1) is 16.5. The molecule has 1 unspecified atom stereocenters. The summed E-state index contributed by atoms with van der Waals surface area (Å²) in [5, 5.41) is 4.45. The minimum Gasteiger partial charge on any atom is -0.306 e. The lowest BCUT2D eigenvalue weighted by Crippen LogP contribution is -2.23. The van der Waals surface area contributed by atoms with Crippen molar-refractivity contribution in [1.82, 2.24) is 5.32 Å². The molecule has 3 heteroatoms. The van der Waals surface area contributed by atoms with Gasteiger partial charge in [-0.15, -0.1) is 0 Å². The average molecular weight is 367 g/mol. The molecular formula is C18H21BrClN. The predicted octanol–water partition coefficient (Wildman–Crippen LogP) is 5.81. The van der Waals surface area contributed by atoms with E-state index in [4.69, 9.17) is 11.6 Å². The van der Waals surface area contributed by atoms with E-state index in [1.165, 1.54) is 16.7 Å². The Morgan fingerprint density at radius 1 is 1.05 bits per heavy atom. The van der Waals surface area contributed by atoms with Crippen LogP contribution in [0, 0.1) is 13.8 Å². The van der Waals surface area contributed by atoms with Crippen LogP contribution in [0.25, 0.3) is 0 Å². The molecule has 1 atom stereocenters. The van der Waals surface area contributed by atoms with Crippen molar-refractivity contribution in [2.45, 2.75) is 33.2 Å². The zero-order valence-electron chi connectivity index (χ0n) is 12.7. The molecule has 21 heavy (non-hydrogen) atoms. The van der Waals surface area contributed by atoms with Crippen molar-refractivity contribution in [3.8, 4) is 0 Å². The fourth-order valence-corrected chi connectivity index (χ4v) is 2.79. The number of nitrogens with one attached hydrogen (secondary N) is 1. The Labute approximate surface area is 140 Å². The Bertz CT molecular complexity index is 573. The van der Waals surface area contributed by atoms with Crippen molar-refractivity contribution in [1.29, 1.82) is 0 Å². The monoisotopic (exact) mass is 365 g/mol. The van der Waals surface area contributed by atoms with E-state index < -0.39 is 0 Å². The molecule has 0 spiro atoms. The first-order valence-corrected chi connectivity index (χ1v) is 8.45. The Hall–Kier alpha value is -0.830. The quantitative estimate of drug-likeness (QED) is 0.704. The number of rotatable bonds is 5. The van der Waals surface area contributed by atoms with Crippen LogP contribution < -0.4 is 5.32 Å². The smallest absolute Gasteiger partial charge is 0.0577 e. The van der Waals surface area contributed by atoms with Crippen LogP contribution in [0.5, 0.6) is 0 Å². The summed E-state index contributed by atoms with van der Waals surface area (Å²) in [4.78, 5) is 0. The van der Waals surface area contributed by atoms with Crippen molar-refractivity contribution >= 4 is 27.5 Å². The number of hydrogen-bond acceptors (Lipinski definition) is 1. The first-order valence-electron chi connectivity index (χ1n) is 7.28. The van der Waals surface area contributed by atoms with E-state index in [0.717, 1.165) is 28.0 Å².